The number of nitrogens with one attached hydrogen (secondary N) is 2. The molecular formula is C51H50N2O10S2. The zero-order valence-corrected chi connectivity index (χ0v) is 38.8. The summed E-state index contributed by atoms with van der Waals surface area (Å²) >= 11 is 0. The molecule has 7 aromatic carbocycles. The summed E-state index contributed by atoms with van der Waals surface area (Å²) < 4.78 is 93.8. The SMILES string of the molecule is COc1ccc(Oc2c(C)cc(C)c(Nc3ccc(C(c4ccc(Nc5c(C)cc(C)c(Oc6ccc(OC)cc6)c5C)cc4)c4ccc(S(=O)(=O)O)cc4S(=O)(=O)O)cc3)c2C)cc1. The second-order valence-corrected chi connectivity index (χ2v) is 18.6. The van der Waals surface area contributed by atoms with E-state index in [-0.39, 0.29) is 5.56 Å². The molecule has 0 aromatic heterocycles. The predicted octanol–water partition coefficient (Wildman–Crippen LogP) is 12.3. The third-order valence-electron chi connectivity index (χ3n) is 11.3. The van der Waals surface area contributed by atoms with Crippen LogP contribution in [-0.4, -0.2) is 40.2 Å². The van der Waals surface area contributed by atoms with Crippen LogP contribution in [0, 0.1) is 41.5 Å². The molecule has 0 unspecified atom stereocenters. The highest BCUT2D eigenvalue weighted by Crippen LogP contribution is 2.42. The first-order chi connectivity index (χ1) is 30.8. The van der Waals surface area contributed by atoms with E-state index in [1.165, 1.54) is 6.07 Å². The van der Waals surface area contributed by atoms with Gasteiger partial charge in [0.1, 0.15) is 34.5 Å². The molecule has 7 rings (SSSR count). The molecule has 0 saturated carbocycles. The Kier molecular flexibility index (Phi) is 13.3. The van der Waals surface area contributed by atoms with Gasteiger partial charge in [-0.2, -0.15) is 16.8 Å². The zero-order valence-electron chi connectivity index (χ0n) is 37.2. The lowest BCUT2D eigenvalue weighted by Gasteiger charge is -2.23. The van der Waals surface area contributed by atoms with Gasteiger partial charge in [-0.15, -0.1) is 0 Å². The molecule has 0 radical (unpaired) electrons. The highest BCUT2D eigenvalue weighted by molar-refractivity contribution is 7.86. The maximum Gasteiger partial charge on any atom is 0.294 e. The van der Waals surface area contributed by atoms with E-state index >= 15 is 0 Å². The Hall–Kier alpha value is -6.84. The molecular weight excluding hydrogens is 865 g/mol. The molecule has 12 nitrogen and oxygen atoms in total. The minimum Gasteiger partial charge on any atom is -0.497 e. The average Bonchev–Trinajstić information content (AvgIpc) is 3.27. The van der Waals surface area contributed by atoms with E-state index in [2.05, 4.69) is 10.6 Å². The number of hydrogen-bond acceptors (Lipinski definition) is 10. The molecule has 0 aliphatic heterocycles. The van der Waals surface area contributed by atoms with Crippen molar-refractivity contribution in [1.82, 2.24) is 0 Å². The van der Waals surface area contributed by atoms with E-state index in [1.54, 1.807) is 14.2 Å². The van der Waals surface area contributed by atoms with Crippen LogP contribution in [0.15, 0.2) is 137 Å². The van der Waals surface area contributed by atoms with E-state index in [0.717, 1.165) is 79.8 Å². The van der Waals surface area contributed by atoms with Crippen molar-refractivity contribution in [2.75, 3.05) is 24.9 Å². The molecule has 0 atom stereocenters. The number of benzene rings is 7. The third kappa shape index (κ3) is 10.3. The number of rotatable bonds is 15. The molecule has 0 aliphatic carbocycles. The standard InChI is InChI=1S/C51H50N2O10S2/c1-30-27-32(3)50(62-42-21-17-40(60-7)18-22-42)34(5)48(30)52-38-13-9-36(10-14-38)47(45-26-25-44(64(54,55)56)29-46(45)65(57,58)59)37-11-15-39(16-12-37)53-49-31(2)28-33(4)51(35(49)6)63-43-23-19-41(61-8)20-24-43/h9-29,47,52-53H,1-8H3,(H,54,55,56)(H,57,58,59). The highest BCUT2D eigenvalue weighted by Gasteiger charge is 2.28. The van der Waals surface area contributed by atoms with Crippen molar-refractivity contribution in [2.24, 2.45) is 0 Å². The van der Waals surface area contributed by atoms with E-state index in [9.17, 15) is 25.9 Å². The molecule has 14 heteroatoms. The van der Waals surface area contributed by atoms with Crippen LogP contribution >= 0.6 is 0 Å². The van der Waals surface area contributed by atoms with Gasteiger partial charge in [-0.25, -0.2) is 0 Å². The number of hydrogen-bond donors (Lipinski definition) is 4. The molecule has 0 bridgehead atoms. The second-order valence-electron chi connectivity index (χ2n) is 15.8. The summed E-state index contributed by atoms with van der Waals surface area (Å²) in [6.45, 7) is 12.0. The van der Waals surface area contributed by atoms with Crippen LogP contribution < -0.4 is 29.6 Å². The third-order valence-corrected chi connectivity index (χ3v) is 13.0. The summed E-state index contributed by atoms with van der Waals surface area (Å²) in [5, 5.41) is 7.06. The van der Waals surface area contributed by atoms with Crippen molar-refractivity contribution in [1.29, 1.82) is 0 Å². The topological polar surface area (TPSA) is 170 Å². The molecule has 65 heavy (non-hydrogen) atoms. The normalized spacial score (nSPS) is 11.6. The van der Waals surface area contributed by atoms with Crippen molar-refractivity contribution >= 4 is 43.0 Å². The van der Waals surface area contributed by atoms with Crippen LogP contribution in [0.4, 0.5) is 22.7 Å². The minimum absolute atomic E-state index is 0.0948. The van der Waals surface area contributed by atoms with Gasteiger partial charge in [0.05, 0.1) is 24.0 Å². The van der Waals surface area contributed by atoms with E-state index in [4.69, 9.17) is 18.9 Å². The van der Waals surface area contributed by atoms with Crippen LogP contribution in [0.2, 0.25) is 0 Å². The molecule has 0 spiro atoms. The molecule has 0 saturated heterocycles. The van der Waals surface area contributed by atoms with Gasteiger partial charge in [-0.3, -0.25) is 9.11 Å². The minimum atomic E-state index is -5.00. The lowest BCUT2D eigenvalue weighted by Crippen LogP contribution is -2.12. The maximum absolute atomic E-state index is 13.0. The Morgan fingerprint density at radius 1 is 0.462 bits per heavy atom. The van der Waals surface area contributed by atoms with Gasteiger partial charge in [-0.1, -0.05) is 42.5 Å². The van der Waals surface area contributed by atoms with Crippen LogP contribution in [0.5, 0.6) is 34.5 Å². The van der Waals surface area contributed by atoms with Gasteiger partial charge in [0.25, 0.3) is 20.2 Å². The zero-order chi connectivity index (χ0) is 46.8. The van der Waals surface area contributed by atoms with Gasteiger partial charge in [0.15, 0.2) is 0 Å². The van der Waals surface area contributed by atoms with E-state index in [0.29, 0.717) is 34.1 Å². The lowest BCUT2D eigenvalue weighted by atomic mass is 9.85. The van der Waals surface area contributed by atoms with Crippen molar-refractivity contribution < 1.29 is 44.9 Å². The van der Waals surface area contributed by atoms with Crippen molar-refractivity contribution in [3.8, 4) is 34.5 Å². The number of methoxy groups -OCH3 is 2. The molecule has 4 N–H and O–H groups in total. The Balaban J connectivity index is 1.24. The first kappa shape index (κ1) is 46.2. The number of ether oxygens (including phenoxy) is 4. The largest absolute Gasteiger partial charge is 0.497 e. The van der Waals surface area contributed by atoms with Crippen LogP contribution in [0.3, 0.4) is 0 Å². The van der Waals surface area contributed by atoms with E-state index < -0.39 is 35.9 Å². The van der Waals surface area contributed by atoms with Crippen molar-refractivity contribution in [3.63, 3.8) is 0 Å². The Bertz CT molecular complexity index is 2940. The Morgan fingerprint density at radius 2 is 0.846 bits per heavy atom. The van der Waals surface area contributed by atoms with Crippen molar-refractivity contribution in [2.45, 2.75) is 57.3 Å². The number of aryl methyl sites for hydroxylation is 4. The average molecular weight is 915 g/mol. The molecule has 336 valence electrons. The van der Waals surface area contributed by atoms with Crippen LogP contribution in [0.25, 0.3) is 0 Å². The quantitative estimate of drug-likeness (QED) is 0.0568. The Labute approximate surface area is 380 Å². The fraction of sp³-hybridized carbons (Fsp3) is 0.176. The second kappa shape index (κ2) is 18.7. The van der Waals surface area contributed by atoms with Gasteiger partial charge in [0, 0.05) is 39.8 Å². The van der Waals surface area contributed by atoms with Crippen molar-refractivity contribution in [3.05, 3.63) is 177 Å². The maximum atomic E-state index is 13.0. The van der Waals surface area contributed by atoms with Crippen LogP contribution in [-0.2, 0) is 20.2 Å². The highest BCUT2D eigenvalue weighted by atomic mass is 32.2. The molecule has 0 heterocycles. The fourth-order valence-corrected chi connectivity index (χ4v) is 9.39. The monoisotopic (exact) mass is 914 g/mol. The summed E-state index contributed by atoms with van der Waals surface area (Å²) in [4.78, 5) is -1.34. The summed E-state index contributed by atoms with van der Waals surface area (Å²) in [5.74, 6) is 3.34. The number of anilines is 4. The summed E-state index contributed by atoms with van der Waals surface area (Å²) in [5.41, 5.74) is 10.2. The summed E-state index contributed by atoms with van der Waals surface area (Å²) in [6, 6.07) is 36.7. The molecule has 7 aromatic rings. The smallest absolute Gasteiger partial charge is 0.294 e. The fourth-order valence-electron chi connectivity index (χ4n) is 8.05. The lowest BCUT2D eigenvalue weighted by molar-refractivity contribution is 0.412. The van der Waals surface area contributed by atoms with Gasteiger partial charge < -0.3 is 29.6 Å². The Morgan fingerprint density at radius 3 is 1.20 bits per heavy atom. The molecule has 0 aliphatic rings. The predicted molar refractivity (Wildman–Crippen MR) is 254 cm³/mol. The summed E-state index contributed by atoms with van der Waals surface area (Å²) in [6.07, 6.45) is 0. The molecule has 0 fully saturated rings. The van der Waals surface area contributed by atoms with E-state index in [1.807, 2.05) is 151 Å². The van der Waals surface area contributed by atoms with Gasteiger partial charge in [0.2, 0.25) is 0 Å². The first-order valence-corrected chi connectivity index (χ1v) is 23.4. The van der Waals surface area contributed by atoms with Gasteiger partial charge in [-0.05, 0) is 165 Å². The molecule has 0 amide bonds. The first-order valence-electron chi connectivity index (χ1n) is 20.5. The van der Waals surface area contributed by atoms with Crippen LogP contribution in [0.1, 0.15) is 56.0 Å². The summed E-state index contributed by atoms with van der Waals surface area (Å²) in [7, 11) is -6.60. The van der Waals surface area contributed by atoms with Gasteiger partial charge >= 0.3 is 0 Å².